The summed E-state index contributed by atoms with van der Waals surface area (Å²) in [6, 6.07) is 12.6. The zero-order valence-corrected chi connectivity index (χ0v) is 15.5. The van der Waals surface area contributed by atoms with Crippen molar-refractivity contribution in [1.29, 1.82) is 5.26 Å². The highest BCUT2D eigenvalue weighted by Crippen LogP contribution is 2.39. The minimum atomic E-state index is -0.693. The second-order valence-corrected chi connectivity index (χ2v) is 7.53. The van der Waals surface area contributed by atoms with Crippen LogP contribution in [0.25, 0.3) is 6.08 Å². The monoisotopic (exact) mass is 352 g/mol. The van der Waals surface area contributed by atoms with E-state index in [1.807, 2.05) is 25.1 Å². The Bertz CT molecular complexity index is 669. The van der Waals surface area contributed by atoms with E-state index in [1.54, 1.807) is 0 Å². The molecule has 1 saturated carbocycles. The highest BCUT2D eigenvalue weighted by molar-refractivity contribution is 5.79. The van der Waals surface area contributed by atoms with Gasteiger partial charge in [0.05, 0.1) is 12.6 Å². The SMILES string of the molecule is CC(C#N)(NC(=O)CN1CCN(C/C=C/c2ccccc2)CC1)C1CC1. The molecule has 0 bridgehead atoms. The van der Waals surface area contributed by atoms with Gasteiger partial charge in [-0.25, -0.2) is 0 Å². The molecule has 1 aromatic carbocycles. The van der Waals surface area contributed by atoms with Crippen molar-refractivity contribution in [1.82, 2.24) is 15.1 Å². The van der Waals surface area contributed by atoms with Crippen molar-refractivity contribution in [2.75, 3.05) is 39.3 Å². The molecule has 1 aromatic rings. The molecule has 1 amide bonds. The molecule has 138 valence electrons. The van der Waals surface area contributed by atoms with Crippen molar-refractivity contribution >= 4 is 12.0 Å². The average molecular weight is 352 g/mol. The summed E-state index contributed by atoms with van der Waals surface area (Å²) in [5.74, 6) is 0.295. The summed E-state index contributed by atoms with van der Waals surface area (Å²) in [7, 11) is 0. The number of hydrogen-bond acceptors (Lipinski definition) is 4. The molecule has 2 aliphatic rings. The molecule has 1 N–H and O–H groups in total. The number of nitriles is 1. The maximum Gasteiger partial charge on any atom is 0.235 e. The molecule has 1 atom stereocenters. The quantitative estimate of drug-likeness (QED) is 0.817. The van der Waals surface area contributed by atoms with Crippen molar-refractivity contribution < 1.29 is 4.79 Å². The van der Waals surface area contributed by atoms with E-state index < -0.39 is 5.54 Å². The Balaban J connectivity index is 1.38. The maximum absolute atomic E-state index is 12.3. The van der Waals surface area contributed by atoms with Crippen LogP contribution in [0.3, 0.4) is 0 Å². The number of amides is 1. The van der Waals surface area contributed by atoms with Gasteiger partial charge in [-0.1, -0.05) is 42.5 Å². The summed E-state index contributed by atoms with van der Waals surface area (Å²) in [6.45, 7) is 6.87. The number of rotatable bonds is 7. The predicted octanol–water partition coefficient (Wildman–Crippen LogP) is 2.13. The van der Waals surface area contributed by atoms with Gasteiger partial charge in [-0.3, -0.25) is 14.6 Å². The van der Waals surface area contributed by atoms with E-state index in [9.17, 15) is 10.1 Å². The topological polar surface area (TPSA) is 59.4 Å². The van der Waals surface area contributed by atoms with Gasteiger partial charge in [-0.05, 0) is 31.2 Å². The van der Waals surface area contributed by atoms with Crippen molar-refractivity contribution in [2.24, 2.45) is 5.92 Å². The lowest BCUT2D eigenvalue weighted by Crippen LogP contribution is -2.53. The van der Waals surface area contributed by atoms with Crippen molar-refractivity contribution in [3.8, 4) is 6.07 Å². The van der Waals surface area contributed by atoms with E-state index in [1.165, 1.54) is 5.56 Å². The van der Waals surface area contributed by atoms with Crippen LogP contribution in [0.15, 0.2) is 36.4 Å². The Morgan fingerprint density at radius 3 is 2.50 bits per heavy atom. The fraction of sp³-hybridized carbons (Fsp3) is 0.524. The Morgan fingerprint density at radius 1 is 1.23 bits per heavy atom. The molecule has 0 spiro atoms. The number of carbonyl (C=O) groups excluding carboxylic acids is 1. The summed E-state index contributed by atoms with van der Waals surface area (Å²) in [4.78, 5) is 16.9. The summed E-state index contributed by atoms with van der Waals surface area (Å²) >= 11 is 0. The Kier molecular flexibility index (Phi) is 6.08. The largest absolute Gasteiger partial charge is 0.337 e. The van der Waals surface area contributed by atoms with E-state index in [0.29, 0.717) is 12.5 Å². The number of nitrogens with zero attached hydrogens (tertiary/aromatic N) is 3. The minimum Gasteiger partial charge on any atom is -0.337 e. The third-order valence-electron chi connectivity index (χ3n) is 5.33. The second kappa shape index (κ2) is 8.48. The first-order chi connectivity index (χ1) is 12.6. The molecule has 5 heteroatoms. The zero-order valence-electron chi connectivity index (χ0n) is 15.5. The number of piperazine rings is 1. The van der Waals surface area contributed by atoms with Crippen molar-refractivity contribution in [3.05, 3.63) is 42.0 Å². The van der Waals surface area contributed by atoms with Crippen LogP contribution >= 0.6 is 0 Å². The van der Waals surface area contributed by atoms with Crippen LogP contribution in [-0.2, 0) is 4.79 Å². The number of benzene rings is 1. The molecule has 1 heterocycles. The van der Waals surface area contributed by atoms with Crippen molar-refractivity contribution in [3.63, 3.8) is 0 Å². The molecule has 0 aromatic heterocycles. The second-order valence-electron chi connectivity index (χ2n) is 7.53. The molecule has 0 radical (unpaired) electrons. The van der Waals surface area contributed by atoms with Crippen LogP contribution < -0.4 is 5.32 Å². The molecule has 1 unspecified atom stereocenters. The van der Waals surface area contributed by atoms with E-state index in [-0.39, 0.29) is 5.91 Å². The van der Waals surface area contributed by atoms with Gasteiger partial charge >= 0.3 is 0 Å². The Morgan fingerprint density at radius 2 is 1.88 bits per heavy atom. The number of nitrogens with one attached hydrogen (secondary N) is 1. The summed E-state index contributed by atoms with van der Waals surface area (Å²) in [5.41, 5.74) is 0.528. The van der Waals surface area contributed by atoms with Gasteiger partial charge < -0.3 is 5.32 Å². The van der Waals surface area contributed by atoms with E-state index in [2.05, 4.69) is 45.5 Å². The number of carbonyl (C=O) groups is 1. The summed E-state index contributed by atoms with van der Waals surface area (Å²) in [6.07, 6.45) is 6.44. The lowest BCUT2D eigenvalue weighted by molar-refractivity contribution is -0.124. The van der Waals surface area contributed by atoms with Crippen molar-refractivity contribution in [2.45, 2.75) is 25.3 Å². The molecule has 3 rings (SSSR count). The Labute approximate surface area is 156 Å². The van der Waals surface area contributed by atoms with Crippen LogP contribution in [0.5, 0.6) is 0 Å². The molecule has 1 aliphatic heterocycles. The third-order valence-corrected chi connectivity index (χ3v) is 5.33. The predicted molar refractivity (Wildman–Crippen MR) is 103 cm³/mol. The molecular weight excluding hydrogens is 324 g/mol. The highest BCUT2D eigenvalue weighted by Gasteiger charge is 2.43. The highest BCUT2D eigenvalue weighted by atomic mass is 16.2. The normalized spacial score (nSPS) is 21.2. The van der Waals surface area contributed by atoms with Gasteiger partial charge in [-0.2, -0.15) is 5.26 Å². The van der Waals surface area contributed by atoms with Crippen LogP contribution in [-0.4, -0.2) is 60.5 Å². The smallest absolute Gasteiger partial charge is 0.235 e. The molecule has 5 nitrogen and oxygen atoms in total. The summed E-state index contributed by atoms with van der Waals surface area (Å²) < 4.78 is 0. The fourth-order valence-corrected chi connectivity index (χ4v) is 3.45. The zero-order chi connectivity index (χ0) is 18.4. The fourth-order valence-electron chi connectivity index (χ4n) is 3.45. The van der Waals surface area contributed by atoms with Crippen LogP contribution in [0.1, 0.15) is 25.3 Å². The molecular formula is C21H28N4O. The van der Waals surface area contributed by atoms with Gasteiger partial charge in [-0.15, -0.1) is 0 Å². The van der Waals surface area contributed by atoms with E-state index >= 15 is 0 Å². The van der Waals surface area contributed by atoms with Gasteiger partial charge in [0.2, 0.25) is 5.91 Å². The standard InChI is InChI=1S/C21H28N4O/c1-21(17-22,19-9-10-19)23-20(26)16-25-14-12-24(13-15-25)11-5-8-18-6-3-2-4-7-18/h2-8,19H,9-16H2,1H3,(H,23,26)/b8-5+. The van der Waals surface area contributed by atoms with Crippen LogP contribution in [0.2, 0.25) is 0 Å². The Hall–Kier alpha value is -2.16. The molecule has 2 fully saturated rings. The maximum atomic E-state index is 12.3. The average Bonchev–Trinajstić information content (AvgIpc) is 3.50. The lowest BCUT2D eigenvalue weighted by Gasteiger charge is -2.34. The minimum absolute atomic E-state index is 0.0293. The number of hydrogen-bond donors (Lipinski definition) is 1. The van der Waals surface area contributed by atoms with Crippen LogP contribution in [0, 0.1) is 17.2 Å². The molecule has 26 heavy (non-hydrogen) atoms. The molecule has 1 aliphatic carbocycles. The third kappa shape index (κ3) is 5.17. The lowest BCUT2D eigenvalue weighted by atomic mass is 9.98. The first kappa shape index (κ1) is 18.6. The molecule has 1 saturated heterocycles. The first-order valence-electron chi connectivity index (χ1n) is 9.47. The van der Waals surface area contributed by atoms with Gasteiger partial charge in [0.25, 0.3) is 0 Å². The summed E-state index contributed by atoms with van der Waals surface area (Å²) in [5, 5.41) is 12.3. The van der Waals surface area contributed by atoms with Gasteiger partial charge in [0, 0.05) is 32.7 Å². The first-order valence-corrected chi connectivity index (χ1v) is 9.47. The van der Waals surface area contributed by atoms with E-state index in [4.69, 9.17) is 0 Å². The van der Waals surface area contributed by atoms with Crippen LogP contribution in [0.4, 0.5) is 0 Å². The van der Waals surface area contributed by atoms with E-state index in [0.717, 1.165) is 45.6 Å². The van der Waals surface area contributed by atoms with Gasteiger partial charge in [0.15, 0.2) is 0 Å². The van der Waals surface area contributed by atoms with Gasteiger partial charge in [0.1, 0.15) is 5.54 Å².